The van der Waals surface area contributed by atoms with Crippen molar-refractivity contribution >= 4 is 11.9 Å². The molecule has 98 valence electrons. The van der Waals surface area contributed by atoms with Crippen LogP contribution in [0.2, 0.25) is 0 Å². The van der Waals surface area contributed by atoms with Crippen LogP contribution in [-0.4, -0.2) is 42.5 Å². The Labute approximate surface area is 107 Å². The Kier molecular flexibility index (Phi) is 5.32. The summed E-state index contributed by atoms with van der Waals surface area (Å²) in [6.45, 7) is 0.356. The number of nitrogens with zero attached hydrogens (tertiary/aromatic N) is 2. The van der Waals surface area contributed by atoms with Gasteiger partial charge in [0.05, 0.1) is 0 Å². The molecule has 0 heterocycles. The van der Waals surface area contributed by atoms with Crippen LogP contribution in [0, 0.1) is 0 Å². The van der Waals surface area contributed by atoms with Crippen molar-refractivity contribution in [1.82, 2.24) is 10.0 Å². The quantitative estimate of drug-likeness (QED) is 0.672. The minimum atomic E-state index is -1.10. The summed E-state index contributed by atoms with van der Waals surface area (Å²) in [6, 6.07) is 8.90. The molecular weight excluding hydrogens is 232 g/mol. The van der Waals surface area contributed by atoms with Crippen molar-refractivity contribution < 1.29 is 14.7 Å². The molecule has 0 aliphatic heterocycles. The lowest BCUT2D eigenvalue weighted by Crippen LogP contribution is -2.42. The highest BCUT2D eigenvalue weighted by molar-refractivity contribution is 5.93. The number of carboxylic acids is 1. The average Bonchev–Trinajstić information content (AvgIpc) is 2.34. The van der Waals surface area contributed by atoms with Gasteiger partial charge in [-0.1, -0.05) is 18.2 Å². The van der Waals surface area contributed by atoms with E-state index in [9.17, 15) is 14.7 Å². The first-order valence-electron chi connectivity index (χ1n) is 5.76. The first-order chi connectivity index (χ1) is 8.52. The smallest absolute Gasteiger partial charge is 0.268 e. The molecule has 0 N–H and O–H groups in total. The Bertz CT molecular complexity index is 404. The van der Waals surface area contributed by atoms with E-state index in [1.165, 1.54) is 5.01 Å². The number of aliphatic carboxylic acids is 1. The highest BCUT2D eigenvalue weighted by atomic mass is 16.4. The summed E-state index contributed by atoms with van der Waals surface area (Å²) in [5.41, 5.74) is 0.583. The predicted octanol–water partition coefficient (Wildman–Crippen LogP) is 0.135. The topological polar surface area (TPSA) is 63.7 Å². The molecular formula is C13H17N2O3-. The van der Waals surface area contributed by atoms with Crippen molar-refractivity contribution in [2.45, 2.75) is 12.8 Å². The largest absolute Gasteiger partial charge is 0.550 e. The minimum absolute atomic E-state index is 0.0492. The number of hydrazine groups is 1. The van der Waals surface area contributed by atoms with Crippen molar-refractivity contribution in [2.24, 2.45) is 0 Å². The predicted molar refractivity (Wildman–Crippen MR) is 65.4 cm³/mol. The van der Waals surface area contributed by atoms with Crippen LogP contribution in [0.1, 0.15) is 23.2 Å². The summed E-state index contributed by atoms with van der Waals surface area (Å²) < 4.78 is 0. The third-order valence-corrected chi connectivity index (χ3v) is 2.49. The number of hydrogen-bond acceptors (Lipinski definition) is 4. The molecule has 5 heteroatoms. The number of carboxylic acid groups (broad SMARTS) is 1. The van der Waals surface area contributed by atoms with E-state index in [1.54, 1.807) is 43.4 Å². The number of rotatable bonds is 6. The second-order valence-corrected chi connectivity index (χ2v) is 4.12. The number of hydrogen-bond donors (Lipinski definition) is 0. The van der Waals surface area contributed by atoms with Crippen LogP contribution in [0.5, 0.6) is 0 Å². The molecule has 0 spiro atoms. The van der Waals surface area contributed by atoms with E-state index in [2.05, 4.69) is 0 Å². The Morgan fingerprint density at radius 2 is 1.78 bits per heavy atom. The molecule has 0 saturated carbocycles. The Balaban J connectivity index is 2.67. The number of carbonyl (C=O) groups excluding carboxylic acids is 2. The molecule has 1 aromatic carbocycles. The molecule has 0 atom stereocenters. The van der Waals surface area contributed by atoms with Crippen LogP contribution >= 0.6 is 0 Å². The molecule has 0 aliphatic carbocycles. The van der Waals surface area contributed by atoms with E-state index in [-0.39, 0.29) is 12.3 Å². The van der Waals surface area contributed by atoms with Gasteiger partial charge in [-0.2, -0.15) is 0 Å². The molecule has 0 radical (unpaired) electrons. The fourth-order valence-corrected chi connectivity index (χ4v) is 1.59. The van der Waals surface area contributed by atoms with Gasteiger partial charge in [-0.05, 0) is 25.0 Å². The second-order valence-electron chi connectivity index (χ2n) is 4.12. The maximum absolute atomic E-state index is 12.2. The van der Waals surface area contributed by atoms with Gasteiger partial charge in [0.1, 0.15) is 0 Å². The Hall–Kier alpha value is -1.88. The van der Waals surface area contributed by atoms with E-state index in [4.69, 9.17) is 0 Å². The molecule has 0 bridgehead atoms. The summed E-state index contributed by atoms with van der Waals surface area (Å²) in [5, 5.41) is 13.5. The molecule has 1 amide bonds. The zero-order chi connectivity index (χ0) is 13.5. The molecule has 5 nitrogen and oxygen atoms in total. The van der Waals surface area contributed by atoms with Crippen molar-refractivity contribution in [1.29, 1.82) is 0 Å². The normalized spacial score (nSPS) is 10.4. The van der Waals surface area contributed by atoms with E-state index in [1.807, 2.05) is 6.07 Å². The highest BCUT2D eigenvalue weighted by Gasteiger charge is 2.16. The molecule has 18 heavy (non-hydrogen) atoms. The molecule has 0 aliphatic rings. The van der Waals surface area contributed by atoms with Gasteiger partial charge in [0, 0.05) is 32.2 Å². The summed E-state index contributed by atoms with van der Waals surface area (Å²) in [4.78, 5) is 22.5. The van der Waals surface area contributed by atoms with E-state index in [0.717, 1.165) is 0 Å². The molecule has 0 unspecified atom stereocenters. The first-order valence-corrected chi connectivity index (χ1v) is 5.76. The maximum Gasteiger partial charge on any atom is 0.268 e. The lowest BCUT2D eigenvalue weighted by Gasteiger charge is -2.29. The summed E-state index contributed by atoms with van der Waals surface area (Å²) in [5.74, 6) is -1.24. The van der Waals surface area contributed by atoms with Crippen LogP contribution < -0.4 is 5.11 Å². The van der Waals surface area contributed by atoms with E-state index < -0.39 is 5.97 Å². The van der Waals surface area contributed by atoms with Crippen molar-refractivity contribution in [3.63, 3.8) is 0 Å². The van der Waals surface area contributed by atoms with Gasteiger partial charge < -0.3 is 9.90 Å². The lowest BCUT2D eigenvalue weighted by atomic mass is 10.2. The number of carbonyl (C=O) groups is 2. The standard InChI is InChI=1S/C13H18N2O3/c1-14(2)15(10-6-9-12(16)17)13(18)11-7-4-3-5-8-11/h3-5,7-8H,6,9-10H2,1-2H3,(H,16,17)/p-1. The molecule has 0 fully saturated rings. The fraction of sp³-hybridized carbons (Fsp3) is 0.385. The van der Waals surface area contributed by atoms with Crippen LogP contribution in [0.3, 0.4) is 0 Å². The van der Waals surface area contributed by atoms with Crippen LogP contribution in [-0.2, 0) is 4.79 Å². The average molecular weight is 249 g/mol. The summed E-state index contributed by atoms with van der Waals surface area (Å²) >= 11 is 0. The minimum Gasteiger partial charge on any atom is -0.550 e. The van der Waals surface area contributed by atoms with E-state index in [0.29, 0.717) is 18.5 Å². The lowest BCUT2D eigenvalue weighted by molar-refractivity contribution is -0.305. The second kappa shape index (κ2) is 6.76. The van der Waals surface area contributed by atoms with Gasteiger partial charge in [0.15, 0.2) is 0 Å². The van der Waals surface area contributed by atoms with Crippen molar-refractivity contribution in [2.75, 3.05) is 20.6 Å². The fourth-order valence-electron chi connectivity index (χ4n) is 1.59. The number of benzene rings is 1. The van der Waals surface area contributed by atoms with Gasteiger partial charge in [-0.15, -0.1) is 0 Å². The molecule has 1 rings (SSSR count). The monoisotopic (exact) mass is 249 g/mol. The number of amides is 1. The van der Waals surface area contributed by atoms with Crippen LogP contribution in [0.25, 0.3) is 0 Å². The third kappa shape index (κ3) is 4.18. The van der Waals surface area contributed by atoms with Gasteiger partial charge >= 0.3 is 0 Å². The maximum atomic E-state index is 12.2. The Morgan fingerprint density at radius 1 is 1.17 bits per heavy atom. The van der Waals surface area contributed by atoms with Gasteiger partial charge in [0.25, 0.3) is 5.91 Å². The van der Waals surface area contributed by atoms with E-state index >= 15 is 0 Å². The van der Waals surface area contributed by atoms with Crippen LogP contribution in [0.15, 0.2) is 30.3 Å². The molecule has 1 aromatic rings. The van der Waals surface area contributed by atoms with Crippen LogP contribution in [0.4, 0.5) is 0 Å². The molecule has 0 saturated heterocycles. The molecule has 0 aromatic heterocycles. The van der Waals surface area contributed by atoms with Crippen molar-refractivity contribution in [3.05, 3.63) is 35.9 Å². The summed E-state index contributed by atoms with van der Waals surface area (Å²) in [6.07, 6.45) is 0.325. The Morgan fingerprint density at radius 3 is 2.28 bits per heavy atom. The third-order valence-electron chi connectivity index (χ3n) is 2.49. The zero-order valence-electron chi connectivity index (χ0n) is 10.6. The first kappa shape index (κ1) is 14.2. The van der Waals surface area contributed by atoms with Crippen molar-refractivity contribution in [3.8, 4) is 0 Å². The van der Waals surface area contributed by atoms with Gasteiger partial charge in [-0.3, -0.25) is 9.80 Å². The summed E-state index contributed by atoms with van der Waals surface area (Å²) in [7, 11) is 3.50. The van der Waals surface area contributed by atoms with Gasteiger partial charge in [-0.25, -0.2) is 5.01 Å². The zero-order valence-corrected chi connectivity index (χ0v) is 10.6. The van der Waals surface area contributed by atoms with Gasteiger partial charge in [0.2, 0.25) is 0 Å². The highest BCUT2D eigenvalue weighted by Crippen LogP contribution is 2.07. The SMILES string of the molecule is CN(C)N(CCCC(=O)[O-])C(=O)c1ccccc1.